The van der Waals surface area contributed by atoms with Gasteiger partial charge in [0.25, 0.3) is 15.9 Å². The lowest BCUT2D eigenvalue weighted by atomic mass is 10.1. The van der Waals surface area contributed by atoms with Crippen LogP contribution in [0.4, 0.5) is 5.69 Å². The van der Waals surface area contributed by atoms with Crippen molar-refractivity contribution in [1.82, 2.24) is 5.32 Å². The quantitative estimate of drug-likeness (QED) is 0.823. The fraction of sp³-hybridized carbons (Fsp3) is 0.278. The predicted molar refractivity (Wildman–Crippen MR) is 99.1 cm³/mol. The van der Waals surface area contributed by atoms with Crippen molar-refractivity contribution in [1.29, 1.82) is 0 Å². The van der Waals surface area contributed by atoms with Crippen LogP contribution in [-0.2, 0) is 10.0 Å². The summed E-state index contributed by atoms with van der Waals surface area (Å²) in [6.45, 7) is 3.94. The topological polar surface area (TPSA) is 92.5 Å². The number of hydrogen-bond acceptors (Lipinski definition) is 4. The molecule has 2 aromatic carbocycles. The van der Waals surface area contributed by atoms with Crippen LogP contribution in [0.25, 0.3) is 0 Å². The van der Waals surface area contributed by atoms with E-state index >= 15 is 0 Å². The van der Waals surface area contributed by atoms with Crippen LogP contribution in [0.1, 0.15) is 24.2 Å². The minimum atomic E-state index is -3.69. The molecule has 0 heterocycles. The summed E-state index contributed by atoms with van der Waals surface area (Å²) in [5.74, 6) is -0.293. The number of nitrogens with zero attached hydrogens (tertiary/aromatic N) is 1. The van der Waals surface area contributed by atoms with E-state index in [0.717, 1.165) is 0 Å². The molecule has 7 heteroatoms. The summed E-state index contributed by atoms with van der Waals surface area (Å²) in [5, 5.41) is 2.72. The summed E-state index contributed by atoms with van der Waals surface area (Å²) >= 11 is 0. The van der Waals surface area contributed by atoms with Gasteiger partial charge in [0, 0.05) is 24.7 Å². The summed E-state index contributed by atoms with van der Waals surface area (Å²) < 4.78 is 26.6. The Labute approximate surface area is 148 Å². The molecule has 25 heavy (non-hydrogen) atoms. The molecule has 0 radical (unpaired) electrons. The van der Waals surface area contributed by atoms with Crippen LogP contribution in [0.3, 0.4) is 0 Å². The third-order valence-corrected chi connectivity index (χ3v) is 5.40. The first-order chi connectivity index (χ1) is 11.6. The maximum absolute atomic E-state index is 12.7. The van der Waals surface area contributed by atoms with Gasteiger partial charge in [0.2, 0.25) is 0 Å². The van der Waals surface area contributed by atoms with Crippen LogP contribution in [0.2, 0.25) is 0 Å². The average molecular weight is 361 g/mol. The minimum absolute atomic E-state index is 0.120. The highest BCUT2D eigenvalue weighted by molar-refractivity contribution is 7.92. The van der Waals surface area contributed by atoms with Gasteiger partial charge in [-0.1, -0.05) is 18.2 Å². The van der Waals surface area contributed by atoms with Crippen molar-refractivity contribution < 1.29 is 13.2 Å². The number of anilines is 1. The third kappa shape index (κ3) is 4.80. The van der Waals surface area contributed by atoms with Crippen molar-refractivity contribution in [2.24, 2.45) is 5.73 Å². The molecule has 6 nitrogen and oxygen atoms in total. The van der Waals surface area contributed by atoms with E-state index in [4.69, 9.17) is 5.73 Å². The number of sulfonamides is 1. The van der Waals surface area contributed by atoms with Crippen LogP contribution < -0.4 is 15.4 Å². The zero-order valence-electron chi connectivity index (χ0n) is 14.6. The number of carbonyl (C=O) groups is 1. The Morgan fingerprint density at radius 1 is 1.08 bits per heavy atom. The second-order valence-corrected chi connectivity index (χ2v) is 8.47. The summed E-state index contributed by atoms with van der Waals surface area (Å²) in [4.78, 5) is 12.2. The molecule has 2 rings (SSSR count). The first-order valence-electron chi connectivity index (χ1n) is 7.82. The van der Waals surface area contributed by atoms with Crippen molar-refractivity contribution >= 4 is 21.6 Å². The molecule has 0 bridgehead atoms. The number of nitrogens with one attached hydrogen (secondary N) is 1. The number of amides is 1. The summed E-state index contributed by atoms with van der Waals surface area (Å²) in [6.07, 6.45) is 0. The SMILES string of the molecule is CN(c1ccccc1)S(=O)(=O)c1ccc(C(=O)NCC(C)(C)N)cc1. The van der Waals surface area contributed by atoms with Gasteiger partial charge in [0.15, 0.2) is 0 Å². The van der Waals surface area contributed by atoms with Gasteiger partial charge < -0.3 is 11.1 Å². The smallest absolute Gasteiger partial charge is 0.264 e. The number of nitrogens with two attached hydrogens (primary N) is 1. The Kier molecular flexibility index (Phi) is 5.49. The molecule has 0 aliphatic heterocycles. The summed E-state index contributed by atoms with van der Waals surface area (Å²) in [7, 11) is -2.19. The monoisotopic (exact) mass is 361 g/mol. The number of rotatable bonds is 6. The van der Waals surface area contributed by atoms with Crippen molar-refractivity contribution in [3.05, 3.63) is 60.2 Å². The molecule has 0 saturated carbocycles. The number of para-hydroxylation sites is 1. The van der Waals surface area contributed by atoms with E-state index in [9.17, 15) is 13.2 Å². The number of benzene rings is 2. The average Bonchev–Trinajstić information content (AvgIpc) is 2.59. The normalized spacial score (nSPS) is 11.8. The Morgan fingerprint density at radius 3 is 2.16 bits per heavy atom. The highest BCUT2D eigenvalue weighted by Crippen LogP contribution is 2.21. The molecule has 2 aromatic rings. The minimum Gasteiger partial charge on any atom is -0.350 e. The standard InChI is InChI=1S/C18H23N3O3S/c1-18(2,19)13-20-17(22)14-9-11-16(12-10-14)25(23,24)21(3)15-7-5-4-6-8-15/h4-12H,13,19H2,1-3H3,(H,20,22). The van der Waals surface area contributed by atoms with E-state index in [-0.39, 0.29) is 10.8 Å². The fourth-order valence-electron chi connectivity index (χ4n) is 2.12. The third-order valence-electron chi connectivity index (χ3n) is 3.60. The van der Waals surface area contributed by atoms with Crippen molar-refractivity contribution in [2.45, 2.75) is 24.3 Å². The zero-order chi connectivity index (χ0) is 18.7. The highest BCUT2D eigenvalue weighted by atomic mass is 32.2. The summed E-state index contributed by atoms with van der Waals surface area (Å²) in [5.41, 5.74) is 6.26. The maximum Gasteiger partial charge on any atom is 0.264 e. The Bertz CT molecular complexity index is 826. The van der Waals surface area contributed by atoms with E-state index < -0.39 is 15.6 Å². The largest absolute Gasteiger partial charge is 0.350 e. The van der Waals surface area contributed by atoms with Gasteiger partial charge in [0.1, 0.15) is 0 Å². The molecule has 0 aliphatic carbocycles. The van der Waals surface area contributed by atoms with E-state index in [2.05, 4.69) is 5.32 Å². The Morgan fingerprint density at radius 2 is 1.64 bits per heavy atom. The van der Waals surface area contributed by atoms with E-state index in [1.807, 2.05) is 19.9 Å². The highest BCUT2D eigenvalue weighted by Gasteiger charge is 2.21. The molecule has 0 saturated heterocycles. The van der Waals surface area contributed by atoms with Gasteiger partial charge >= 0.3 is 0 Å². The lowest BCUT2D eigenvalue weighted by molar-refractivity contribution is 0.0946. The van der Waals surface area contributed by atoms with Crippen LogP contribution in [0.15, 0.2) is 59.5 Å². The first kappa shape index (κ1) is 19.0. The molecule has 134 valence electrons. The fourth-order valence-corrected chi connectivity index (χ4v) is 3.32. The van der Waals surface area contributed by atoms with Crippen molar-refractivity contribution in [3.63, 3.8) is 0 Å². The van der Waals surface area contributed by atoms with Gasteiger partial charge in [-0.3, -0.25) is 9.10 Å². The molecule has 0 aliphatic rings. The van der Waals surface area contributed by atoms with Crippen LogP contribution in [0, 0.1) is 0 Å². The van der Waals surface area contributed by atoms with Crippen LogP contribution in [0.5, 0.6) is 0 Å². The Balaban J connectivity index is 2.17. The van der Waals surface area contributed by atoms with Gasteiger partial charge in [-0.05, 0) is 50.2 Å². The van der Waals surface area contributed by atoms with Gasteiger partial charge in [-0.25, -0.2) is 8.42 Å². The second-order valence-electron chi connectivity index (χ2n) is 6.50. The van der Waals surface area contributed by atoms with Crippen molar-refractivity contribution in [2.75, 3.05) is 17.9 Å². The lowest BCUT2D eigenvalue weighted by Crippen LogP contribution is -2.45. The number of hydrogen-bond donors (Lipinski definition) is 2. The molecular weight excluding hydrogens is 338 g/mol. The molecule has 3 N–H and O–H groups in total. The van der Waals surface area contributed by atoms with Gasteiger partial charge in [0.05, 0.1) is 10.6 Å². The second kappa shape index (κ2) is 7.25. The molecule has 0 unspecified atom stereocenters. The van der Waals surface area contributed by atoms with Gasteiger partial charge in [-0.2, -0.15) is 0 Å². The lowest BCUT2D eigenvalue weighted by Gasteiger charge is -2.20. The molecule has 1 amide bonds. The maximum atomic E-state index is 12.7. The number of carbonyl (C=O) groups excluding carboxylic acids is 1. The summed E-state index contributed by atoms with van der Waals surface area (Å²) in [6, 6.07) is 14.6. The van der Waals surface area contributed by atoms with Gasteiger partial charge in [-0.15, -0.1) is 0 Å². The predicted octanol–water partition coefficient (Wildman–Crippen LogP) is 1.98. The van der Waals surface area contributed by atoms with Crippen LogP contribution in [-0.4, -0.2) is 33.5 Å². The Hall–Kier alpha value is -2.38. The van der Waals surface area contributed by atoms with E-state index in [0.29, 0.717) is 17.8 Å². The molecule has 0 spiro atoms. The molecule has 0 fully saturated rings. The molecule has 0 aromatic heterocycles. The molecule has 0 atom stereocenters. The first-order valence-corrected chi connectivity index (χ1v) is 9.26. The van der Waals surface area contributed by atoms with E-state index in [1.165, 1.54) is 35.6 Å². The van der Waals surface area contributed by atoms with E-state index in [1.54, 1.807) is 24.3 Å². The molecular formula is C18H23N3O3S. The van der Waals surface area contributed by atoms with Crippen LogP contribution >= 0.6 is 0 Å². The van der Waals surface area contributed by atoms with Crippen molar-refractivity contribution in [3.8, 4) is 0 Å². The zero-order valence-corrected chi connectivity index (χ0v) is 15.4.